The Bertz CT molecular complexity index is 1230. The number of benzene rings is 2. The highest BCUT2D eigenvalue weighted by Gasteiger charge is 2.30. The summed E-state index contributed by atoms with van der Waals surface area (Å²) in [5.74, 6) is 0.841. The highest BCUT2D eigenvalue weighted by molar-refractivity contribution is 6.13. The van der Waals surface area contributed by atoms with Crippen LogP contribution in [0.25, 0.3) is 32.9 Å². The molecule has 0 spiro atoms. The molecule has 1 aliphatic heterocycles. The lowest BCUT2D eigenvalue weighted by Gasteiger charge is -2.32. The number of hydrogen-bond donors (Lipinski definition) is 1. The summed E-state index contributed by atoms with van der Waals surface area (Å²) in [6, 6.07) is 8.42. The Morgan fingerprint density at radius 3 is 2.68 bits per heavy atom. The van der Waals surface area contributed by atoms with Gasteiger partial charge in [-0.2, -0.15) is 0 Å². The summed E-state index contributed by atoms with van der Waals surface area (Å²) in [5.41, 5.74) is 1.78. The van der Waals surface area contributed by atoms with Crippen LogP contribution in [0.4, 0.5) is 0 Å². The Morgan fingerprint density at radius 2 is 1.84 bits per heavy atom. The van der Waals surface area contributed by atoms with Gasteiger partial charge in [-0.15, -0.1) is 0 Å². The maximum absolute atomic E-state index is 12.5. The van der Waals surface area contributed by atoms with Crippen LogP contribution < -0.4 is 10.4 Å². The third-order valence-corrected chi connectivity index (χ3v) is 4.90. The monoisotopic (exact) mass is 336 g/mol. The van der Waals surface area contributed by atoms with Crippen molar-refractivity contribution in [3.05, 3.63) is 46.3 Å². The third-order valence-electron chi connectivity index (χ3n) is 4.90. The summed E-state index contributed by atoms with van der Waals surface area (Å²) in [6.07, 6.45) is 1.70. The van der Waals surface area contributed by atoms with Crippen molar-refractivity contribution in [1.82, 2.24) is 0 Å². The van der Waals surface area contributed by atoms with Crippen molar-refractivity contribution in [2.75, 3.05) is 0 Å². The number of aryl methyl sites for hydroxylation is 1. The van der Waals surface area contributed by atoms with Gasteiger partial charge >= 0.3 is 5.63 Å². The summed E-state index contributed by atoms with van der Waals surface area (Å²) in [5, 5.41) is 11.5. The first-order valence-electron chi connectivity index (χ1n) is 8.26. The maximum Gasteiger partial charge on any atom is 0.348 e. The topological polar surface area (TPSA) is 72.8 Å². The molecule has 1 aliphatic rings. The van der Waals surface area contributed by atoms with Crippen molar-refractivity contribution in [2.45, 2.75) is 32.3 Å². The molecule has 5 rings (SSSR count). The van der Waals surface area contributed by atoms with Crippen molar-refractivity contribution >= 4 is 32.9 Å². The molecule has 0 saturated heterocycles. The minimum Gasteiger partial charge on any atom is -0.508 e. The van der Waals surface area contributed by atoms with Crippen molar-refractivity contribution < 1.29 is 18.7 Å². The third kappa shape index (κ3) is 1.98. The lowest BCUT2D eigenvalue weighted by atomic mass is 9.93. The summed E-state index contributed by atoms with van der Waals surface area (Å²) in [7, 11) is 0. The van der Waals surface area contributed by atoms with Crippen LogP contribution >= 0.6 is 0 Å². The van der Waals surface area contributed by atoms with E-state index in [1.165, 1.54) is 6.07 Å². The van der Waals surface area contributed by atoms with Gasteiger partial charge < -0.3 is 18.7 Å². The predicted molar refractivity (Wildman–Crippen MR) is 94.5 cm³/mol. The maximum atomic E-state index is 12.5. The lowest BCUT2D eigenvalue weighted by molar-refractivity contribution is 0.0850. The van der Waals surface area contributed by atoms with E-state index in [1.807, 2.05) is 12.1 Å². The van der Waals surface area contributed by atoms with Crippen LogP contribution in [-0.2, 0) is 6.42 Å². The number of furan rings is 1. The van der Waals surface area contributed by atoms with Crippen LogP contribution in [0.2, 0.25) is 0 Å². The highest BCUT2D eigenvalue weighted by atomic mass is 16.5. The number of fused-ring (bicyclic) bond motifs is 7. The summed E-state index contributed by atoms with van der Waals surface area (Å²) < 4.78 is 17.6. The lowest BCUT2D eigenvalue weighted by Crippen LogP contribution is -2.32. The first-order valence-corrected chi connectivity index (χ1v) is 8.26. The van der Waals surface area contributed by atoms with Gasteiger partial charge in [0.05, 0.1) is 5.39 Å². The van der Waals surface area contributed by atoms with E-state index in [9.17, 15) is 9.90 Å². The second kappa shape index (κ2) is 4.57. The van der Waals surface area contributed by atoms with E-state index >= 15 is 0 Å². The first-order chi connectivity index (χ1) is 11.9. The van der Waals surface area contributed by atoms with Gasteiger partial charge in [-0.3, -0.25) is 0 Å². The zero-order valence-electron chi connectivity index (χ0n) is 13.9. The molecule has 0 amide bonds. The van der Waals surface area contributed by atoms with E-state index in [0.29, 0.717) is 27.5 Å². The van der Waals surface area contributed by atoms with Gasteiger partial charge in [0.2, 0.25) is 0 Å². The molecule has 126 valence electrons. The fraction of sp³-hybridized carbons (Fsp3) is 0.250. The molecular formula is C20H16O5. The second-order valence-electron chi connectivity index (χ2n) is 7.16. The molecule has 0 saturated carbocycles. The van der Waals surface area contributed by atoms with Crippen molar-refractivity contribution in [1.29, 1.82) is 0 Å². The predicted octanol–water partition coefficient (Wildman–Crippen LogP) is 4.50. The van der Waals surface area contributed by atoms with Crippen LogP contribution in [0.3, 0.4) is 0 Å². The molecule has 25 heavy (non-hydrogen) atoms. The van der Waals surface area contributed by atoms with Gasteiger partial charge in [-0.1, -0.05) is 0 Å². The van der Waals surface area contributed by atoms with Crippen LogP contribution in [0, 0.1) is 0 Å². The zero-order valence-corrected chi connectivity index (χ0v) is 13.9. The molecule has 4 aromatic rings. The molecule has 2 aromatic carbocycles. The van der Waals surface area contributed by atoms with Gasteiger partial charge in [0, 0.05) is 17.0 Å². The van der Waals surface area contributed by atoms with E-state index in [4.69, 9.17) is 13.6 Å². The molecule has 0 radical (unpaired) electrons. The Morgan fingerprint density at radius 1 is 1.04 bits per heavy atom. The fourth-order valence-corrected chi connectivity index (χ4v) is 3.63. The van der Waals surface area contributed by atoms with Crippen LogP contribution in [0.15, 0.2) is 44.0 Å². The SMILES string of the molecule is CC1(C)CCc2c(ccc3c2oc2c4ccc(O)cc4oc(=O)c32)O1. The van der Waals surface area contributed by atoms with E-state index in [-0.39, 0.29) is 11.4 Å². The number of phenolic OH excluding ortho intramolecular Hbond substituents is 1. The molecule has 0 unspecified atom stereocenters. The van der Waals surface area contributed by atoms with E-state index in [2.05, 4.69) is 13.8 Å². The molecule has 5 heteroatoms. The largest absolute Gasteiger partial charge is 0.508 e. The first kappa shape index (κ1) is 14.4. The highest BCUT2D eigenvalue weighted by Crippen LogP contribution is 2.41. The van der Waals surface area contributed by atoms with Crippen molar-refractivity contribution in [3.8, 4) is 11.5 Å². The minimum atomic E-state index is -0.469. The molecule has 1 N–H and O–H groups in total. The molecule has 5 nitrogen and oxygen atoms in total. The van der Waals surface area contributed by atoms with E-state index < -0.39 is 5.63 Å². The molecule has 0 fully saturated rings. The zero-order chi connectivity index (χ0) is 17.3. The average molecular weight is 336 g/mol. The quantitative estimate of drug-likeness (QED) is 0.479. The van der Waals surface area contributed by atoms with Gasteiger partial charge in [0.1, 0.15) is 33.7 Å². The van der Waals surface area contributed by atoms with Crippen LogP contribution in [0.5, 0.6) is 11.5 Å². The van der Waals surface area contributed by atoms with E-state index in [1.54, 1.807) is 12.1 Å². The minimum absolute atomic E-state index is 0.0409. The summed E-state index contributed by atoms with van der Waals surface area (Å²) in [4.78, 5) is 12.5. The van der Waals surface area contributed by atoms with Gasteiger partial charge in [-0.05, 0) is 51.0 Å². The number of hydrogen-bond acceptors (Lipinski definition) is 5. The number of rotatable bonds is 0. The average Bonchev–Trinajstić information content (AvgIpc) is 2.93. The standard InChI is InChI=1S/C20H16O5/c1-20(2)8-7-12-14(25-20)6-5-13-16-18(24-17(12)13)11-4-3-10(21)9-15(11)23-19(16)22/h3-6,9,21H,7-8H2,1-2H3. The fourth-order valence-electron chi connectivity index (χ4n) is 3.63. The summed E-state index contributed by atoms with van der Waals surface area (Å²) >= 11 is 0. The summed E-state index contributed by atoms with van der Waals surface area (Å²) in [6.45, 7) is 4.13. The second-order valence-corrected chi connectivity index (χ2v) is 7.16. The molecule has 0 aliphatic carbocycles. The normalized spacial score (nSPS) is 16.2. The molecule has 0 bridgehead atoms. The number of phenols is 1. The van der Waals surface area contributed by atoms with E-state index in [0.717, 1.165) is 29.5 Å². The van der Waals surface area contributed by atoms with Crippen molar-refractivity contribution in [3.63, 3.8) is 0 Å². The smallest absolute Gasteiger partial charge is 0.348 e. The molecule has 0 atom stereocenters. The Labute approximate surface area is 142 Å². The number of aromatic hydroxyl groups is 1. The number of ether oxygens (including phenoxy) is 1. The molecule has 3 heterocycles. The molecular weight excluding hydrogens is 320 g/mol. The van der Waals surface area contributed by atoms with Crippen LogP contribution in [0.1, 0.15) is 25.8 Å². The van der Waals surface area contributed by atoms with Gasteiger partial charge in [0.25, 0.3) is 0 Å². The van der Waals surface area contributed by atoms with Gasteiger partial charge in [-0.25, -0.2) is 4.79 Å². The Hall–Kier alpha value is -2.95. The van der Waals surface area contributed by atoms with Crippen molar-refractivity contribution in [2.24, 2.45) is 0 Å². The Balaban J connectivity index is 1.92. The van der Waals surface area contributed by atoms with Gasteiger partial charge in [0.15, 0.2) is 5.58 Å². The molecule has 2 aromatic heterocycles. The Kier molecular flexibility index (Phi) is 2.63. The van der Waals surface area contributed by atoms with Crippen LogP contribution in [-0.4, -0.2) is 10.7 Å².